The molecule has 0 aromatic heterocycles. The van der Waals surface area contributed by atoms with Crippen molar-refractivity contribution in [2.24, 2.45) is 0 Å². The average molecular weight is 266 g/mol. The van der Waals surface area contributed by atoms with Crippen molar-refractivity contribution in [2.45, 2.75) is 32.4 Å². The van der Waals surface area contributed by atoms with Crippen molar-refractivity contribution in [2.75, 3.05) is 11.9 Å². The topological polar surface area (TPSA) is 24.1 Å². The van der Waals surface area contributed by atoms with Gasteiger partial charge in [-0.3, -0.25) is 0 Å². The molecule has 0 spiro atoms. The molecule has 0 saturated heterocycles. The minimum atomic E-state index is 0.580. The molecule has 2 aromatic carbocycles. The smallest absolute Gasteiger partial charge is 0.0375 e. The lowest BCUT2D eigenvalue weighted by Gasteiger charge is -2.07. The molecular weight excluding hydrogens is 244 g/mol. The number of benzene rings is 2. The van der Waals surface area contributed by atoms with Crippen LogP contribution in [0.4, 0.5) is 5.69 Å². The van der Waals surface area contributed by atoms with Gasteiger partial charge in [-0.1, -0.05) is 42.5 Å². The Morgan fingerprint density at radius 2 is 1.95 bits per heavy atom. The first-order valence-electron chi connectivity index (χ1n) is 7.44. The first-order chi connectivity index (χ1) is 9.81. The van der Waals surface area contributed by atoms with Gasteiger partial charge >= 0.3 is 0 Å². The molecule has 0 saturated carbocycles. The lowest BCUT2D eigenvalue weighted by Crippen LogP contribution is -2.16. The fraction of sp³-hybridized carbons (Fsp3) is 0.333. The lowest BCUT2D eigenvalue weighted by atomic mass is 10.0. The zero-order valence-electron chi connectivity index (χ0n) is 12.0. The fourth-order valence-corrected chi connectivity index (χ4v) is 2.82. The number of hydrogen-bond acceptors (Lipinski definition) is 2. The van der Waals surface area contributed by atoms with Crippen LogP contribution in [0.5, 0.6) is 0 Å². The molecule has 1 aliphatic rings. The molecule has 2 N–H and O–H groups in total. The Labute approximate surface area is 121 Å². The summed E-state index contributed by atoms with van der Waals surface area (Å²) in [7, 11) is 0. The molecule has 0 fully saturated rings. The highest BCUT2D eigenvalue weighted by atomic mass is 14.9. The predicted molar refractivity (Wildman–Crippen MR) is 85.1 cm³/mol. The lowest BCUT2D eigenvalue weighted by molar-refractivity contribution is 0.686. The summed E-state index contributed by atoms with van der Waals surface area (Å²) in [6, 6.07) is 18.0. The van der Waals surface area contributed by atoms with Gasteiger partial charge in [0.2, 0.25) is 0 Å². The highest BCUT2D eigenvalue weighted by molar-refractivity contribution is 5.57. The minimum absolute atomic E-state index is 0.580. The van der Waals surface area contributed by atoms with Crippen molar-refractivity contribution in [1.29, 1.82) is 0 Å². The van der Waals surface area contributed by atoms with Crippen LogP contribution in [0.2, 0.25) is 0 Å². The van der Waals surface area contributed by atoms with Crippen molar-refractivity contribution < 1.29 is 0 Å². The molecule has 104 valence electrons. The van der Waals surface area contributed by atoms with E-state index in [0.29, 0.717) is 6.04 Å². The van der Waals surface area contributed by atoms with E-state index in [1.807, 2.05) is 0 Å². The van der Waals surface area contributed by atoms with Gasteiger partial charge in [0.15, 0.2) is 0 Å². The van der Waals surface area contributed by atoms with Gasteiger partial charge in [-0.2, -0.15) is 0 Å². The highest BCUT2D eigenvalue weighted by Gasteiger charge is 2.16. The molecule has 0 radical (unpaired) electrons. The van der Waals surface area contributed by atoms with Crippen LogP contribution in [0, 0.1) is 0 Å². The molecule has 0 aliphatic carbocycles. The number of rotatable bonds is 5. The monoisotopic (exact) mass is 266 g/mol. The zero-order chi connectivity index (χ0) is 13.8. The van der Waals surface area contributed by atoms with Gasteiger partial charge in [-0.05, 0) is 49.1 Å². The summed E-state index contributed by atoms with van der Waals surface area (Å²) in [5.74, 6) is 0. The van der Waals surface area contributed by atoms with Crippen LogP contribution in [-0.4, -0.2) is 12.6 Å². The number of fused-ring (bicyclic) bond motifs is 1. The maximum atomic E-state index is 3.51. The van der Waals surface area contributed by atoms with Gasteiger partial charge in [-0.15, -0.1) is 0 Å². The summed E-state index contributed by atoms with van der Waals surface area (Å²) in [5, 5.41) is 7.01. The molecule has 1 unspecified atom stereocenters. The second-order valence-electron chi connectivity index (χ2n) is 5.65. The first-order valence-corrected chi connectivity index (χ1v) is 7.44. The standard InChI is InChI=1S/C18H22N2/c1-14-11-17-12-15(7-8-18(17)20-14)9-10-19-13-16-5-3-2-4-6-16/h2-8,12,14,19-20H,9-11,13H2,1H3. The summed E-state index contributed by atoms with van der Waals surface area (Å²) in [6.45, 7) is 4.21. The van der Waals surface area contributed by atoms with E-state index in [9.17, 15) is 0 Å². The van der Waals surface area contributed by atoms with E-state index in [4.69, 9.17) is 0 Å². The van der Waals surface area contributed by atoms with E-state index >= 15 is 0 Å². The Balaban J connectivity index is 1.49. The SMILES string of the molecule is CC1Cc2cc(CCNCc3ccccc3)ccc2N1. The first kappa shape index (κ1) is 13.2. The molecule has 1 atom stereocenters. The third kappa shape index (κ3) is 3.20. The zero-order valence-corrected chi connectivity index (χ0v) is 12.0. The number of anilines is 1. The Morgan fingerprint density at radius 3 is 2.80 bits per heavy atom. The molecule has 2 heteroatoms. The molecular formula is C18H22N2. The molecule has 2 aromatic rings. The van der Waals surface area contributed by atoms with Gasteiger partial charge in [0.25, 0.3) is 0 Å². The second-order valence-corrected chi connectivity index (χ2v) is 5.65. The summed E-state index contributed by atoms with van der Waals surface area (Å²) in [5.41, 5.74) is 5.57. The highest BCUT2D eigenvalue weighted by Crippen LogP contribution is 2.26. The largest absolute Gasteiger partial charge is 0.382 e. The van der Waals surface area contributed by atoms with Gasteiger partial charge in [0.1, 0.15) is 0 Å². The normalized spacial score (nSPS) is 16.8. The third-order valence-electron chi connectivity index (χ3n) is 3.86. The second kappa shape index (κ2) is 6.10. The van der Waals surface area contributed by atoms with Gasteiger partial charge in [-0.25, -0.2) is 0 Å². The predicted octanol–water partition coefficient (Wildman–Crippen LogP) is 3.38. The van der Waals surface area contributed by atoms with Crippen LogP contribution in [0.3, 0.4) is 0 Å². The van der Waals surface area contributed by atoms with Crippen molar-refractivity contribution in [3.05, 3.63) is 65.2 Å². The maximum Gasteiger partial charge on any atom is 0.0375 e. The Bertz CT molecular complexity index is 563. The van der Waals surface area contributed by atoms with E-state index in [2.05, 4.69) is 66.1 Å². The van der Waals surface area contributed by atoms with Crippen molar-refractivity contribution in [3.63, 3.8) is 0 Å². The van der Waals surface area contributed by atoms with Crippen LogP contribution in [-0.2, 0) is 19.4 Å². The Hall–Kier alpha value is -1.80. The number of nitrogens with one attached hydrogen (secondary N) is 2. The van der Waals surface area contributed by atoms with Crippen LogP contribution in [0.1, 0.15) is 23.6 Å². The summed E-state index contributed by atoms with van der Waals surface area (Å²) < 4.78 is 0. The molecule has 0 amide bonds. The summed E-state index contributed by atoms with van der Waals surface area (Å²) in [6.07, 6.45) is 2.25. The van der Waals surface area contributed by atoms with E-state index in [1.165, 1.54) is 22.4 Å². The van der Waals surface area contributed by atoms with E-state index in [0.717, 1.165) is 25.9 Å². The average Bonchev–Trinajstić information content (AvgIpc) is 2.84. The van der Waals surface area contributed by atoms with E-state index in [-0.39, 0.29) is 0 Å². The molecule has 3 rings (SSSR count). The summed E-state index contributed by atoms with van der Waals surface area (Å²) in [4.78, 5) is 0. The Morgan fingerprint density at radius 1 is 1.10 bits per heavy atom. The minimum Gasteiger partial charge on any atom is -0.382 e. The van der Waals surface area contributed by atoms with Gasteiger partial charge < -0.3 is 10.6 Å². The van der Waals surface area contributed by atoms with Crippen LogP contribution in [0.15, 0.2) is 48.5 Å². The van der Waals surface area contributed by atoms with Crippen molar-refractivity contribution in [3.8, 4) is 0 Å². The van der Waals surface area contributed by atoms with Gasteiger partial charge in [0, 0.05) is 18.3 Å². The van der Waals surface area contributed by atoms with Crippen molar-refractivity contribution in [1.82, 2.24) is 5.32 Å². The third-order valence-corrected chi connectivity index (χ3v) is 3.86. The quantitative estimate of drug-likeness (QED) is 0.811. The Kier molecular flexibility index (Phi) is 4.03. The molecule has 2 nitrogen and oxygen atoms in total. The van der Waals surface area contributed by atoms with Crippen molar-refractivity contribution >= 4 is 5.69 Å². The molecule has 20 heavy (non-hydrogen) atoms. The van der Waals surface area contributed by atoms with Crippen LogP contribution in [0.25, 0.3) is 0 Å². The maximum absolute atomic E-state index is 3.51. The summed E-state index contributed by atoms with van der Waals surface area (Å²) >= 11 is 0. The van der Waals surface area contributed by atoms with E-state index < -0.39 is 0 Å². The fourth-order valence-electron chi connectivity index (χ4n) is 2.82. The van der Waals surface area contributed by atoms with Crippen LogP contribution >= 0.6 is 0 Å². The molecule has 0 bridgehead atoms. The van der Waals surface area contributed by atoms with Gasteiger partial charge in [0.05, 0.1) is 0 Å². The van der Waals surface area contributed by atoms with E-state index in [1.54, 1.807) is 0 Å². The molecule has 1 aliphatic heterocycles. The molecule has 1 heterocycles. The van der Waals surface area contributed by atoms with Crippen LogP contribution < -0.4 is 10.6 Å². The number of hydrogen-bond donors (Lipinski definition) is 2.